The van der Waals surface area contributed by atoms with Crippen LogP contribution in [0.2, 0.25) is 0 Å². The Bertz CT molecular complexity index is 862. The molecule has 1 fully saturated rings. The van der Waals surface area contributed by atoms with Crippen molar-refractivity contribution in [2.24, 2.45) is 0 Å². The van der Waals surface area contributed by atoms with Gasteiger partial charge in [0, 0.05) is 0 Å². The second kappa shape index (κ2) is 7.36. The van der Waals surface area contributed by atoms with Crippen LogP contribution in [0.3, 0.4) is 0 Å². The molecular weight excluding hydrogens is 384 g/mol. The summed E-state index contributed by atoms with van der Waals surface area (Å²) in [6.07, 6.45) is 3.21. The highest BCUT2D eigenvalue weighted by Gasteiger charge is 2.34. The topological polar surface area (TPSA) is 58.6 Å². The number of hydrogen-bond acceptors (Lipinski definition) is 3. The fraction of sp³-hybridized carbons (Fsp3) is 0.0526. The molecule has 0 atom stereocenters. The highest BCUT2D eigenvalue weighted by Crippen LogP contribution is 2.28. The molecule has 0 bridgehead atoms. The molecule has 2 amide bonds. The van der Waals surface area contributed by atoms with Crippen LogP contribution in [0.5, 0.6) is 5.75 Å². The molecule has 1 N–H and O–H groups in total. The maximum absolute atomic E-state index is 12.5. The summed E-state index contributed by atoms with van der Waals surface area (Å²) in [5, 5.41) is 1.24. The number of nitrogens with zero attached hydrogens (tertiary/aromatic N) is 1. The predicted molar refractivity (Wildman–Crippen MR) is 99.9 cm³/mol. The molecule has 0 radical (unpaired) electrons. The number of hydrazine groups is 1. The van der Waals surface area contributed by atoms with E-state index in [-0.39, 0.29) is 11.5 Å². The van der Waals surface area contributed by atoms with Crippen molar-refractivity contribution in [2.45, 2.75) is 0 Å². The molecule has 5 nitrogen and oxygen atoms in total. The van der Waals surface area contributed by atoms with Crippen molar-refractivity contribution in [1.29, 1.82) is 0 Å². The summed E-state index contributed by atoms with van der Waals surface area (Å²) >= 11 is 3.42. The van der Waals surface area contributed by atoms with Crippen LogP contribution in [-0.2, 0) is 9.59 Å². The Morgan fingerprint density at radius 3 is 2.60 bits per heavy atom. The maximum Gasteiger partial charge on any atom is 0.282 e. The van der Waals surface area contributed by atoms with E-state index in [1.54, 1.807) is 54.6 Å². The molecule has 2 aromatic carbocycles. The number of nitrogens with one attached hydrogen (secondary N) is 1. The zero-order chi connectivity index (χ0) is 17.8. The summed E-state index contributed by atoms with van der Waals surface area (Å²) in [7, 11) is 0. The highest BCUT2D eigenvalue weighted by atomic mass is 79.9. The minimum Gasteiger partial charge on any atom is -0.488 e. The number of halogens is 1. The standard InChI is InChI=1S/C19H15BrN2O3/c1-2-10-25-17-9-8-13(12-16(17)20)11-15-18(23)21-22(19(15)24)14-6-4-3-5-7-14/h2-9,11-12H,1,10H2,(H,21,23)/b15-11+. The van der Waals surface area contributed by atoms with Crippen LogP contribution in [-0.4, -0.2) is 18.4 Å². The number of benzene rings is 2. The first-order valence-electron chi connectivity index (χ1n) is 7.55. The molecule has 2 aromatic rings. The number of carbonyl (C=O) groups excluding carboxylic acids is 2. The van der Waals surface area contributed by atoms with Gasteiger partial charge >= 0.3 is 0 Å². The summed E-state index contributed by atoms with van der Waals surface area (Å²) < 4.78 is 6.22. The molecule has 3 rings (SSSR count). The van der Waals surface area contributed by atoms with E-state index in [1.807, 2.05) is 6.07 Å². The smallest absolute Gasteiger partial charge is 0.282 e. The number of para-hydroxylation sites is 1. The number of amides is 2. The molecule has 1 aliphatic rings. The molecule has 1 aliphatic heterocycles. The zero-order valence-electron chi connectivity index (χ0n) is 13.2. The summed E-state index contributed by atoms with van der Waals surface area (Å²) in [6.45, 7) is 4.00. The second-order valence-corrected chi connectivity index (χ2v) is 6.12. The molecule has 126 valence electrons. The Morgan fingerprint density at radius 2 is 1.92 bits per heavy atom. The average molecular weight is 399 g/mol. The first-order valence-corrected chi connectivity index (χ1v) is 8.35. The normalized spacial score (nSPS) is 15.4. The predicted octanol–water partition coefficient (Wildman–Crippen LogP) is 3.48. The van der Waals surface area contributed by atoms with E-state index in [0.29, 0.717) is 23.6 Å². The van der Waals surface area contributed by atoms with E-state index in [9.17, 15) is 9.59 Å². The molecule has 0 aromatic heterocycles. The number of carbonyl (C=O) groups is 2. The highest BCUT2D eigenvalue weighted by molar-refractivity contribution is 9.10. The molecular formula is C19H15BrN2O3. The van der Waals surface area contributed by atoms with Gasteiger partial charge in [0.1, 0.15) is 17.9 Å². The van der Waals surface area contributed by atoms with Gasteiger partial charge in [0.05, 0.1) is 10.2 Å². The summed E-state index contributed by atoms with van der Waals surface area (Å²) in [5.41, 5.74) is 3.98. The first kappa shape index (κ1) is 17.0. The lowest BCUT2D eigenvalue weighted by atomic mass is 10.1. The van der Waals surface area contributed by atoms with Crippen LogP contribution in [0.4, 0.5) is 5.69 Å². The maximum atomic E-state index is 12.5. The lowest BCUT2D eigenvalue weighted by Crippen LogP contribution is -2.35. The SMILES string of the molecule is C=CCOc1ccc(/C=C2\C(=O)NN(c3ccccc3)C2=O)cc1Br. The van der Waals surface area contributed by atoms with Gasteiger partial charge in [-0.05, 0) is 51.8 Å². The van der Waals surface area contributed by atoms with Gasteiger partial charge in [-0.15, -0.1) is 0 Å². The molecule has 0 aliphatic carbocycles. The van der Waals surface area contributed by atoms with Crippen LogP contribution < -0.4 is 15.2 Å². The summed E-state index contributed by atoms with van der Waals surface area (Å²) in [5.74, 6) is -0.161. The van der Waals surface area contributed by atoms with Crippen molar-refractivity contribution >= 4 is 39.5 Å². The van der Waals surface area contributed by atoms with Gasteiger partial charge < -0.3 is 4.74 Å². The van der Waals surface area contributed by atoms with Crippen molar-refractivity contribution in [1.82, 2.24) is 5.43 Å². The Balaban J connectivity index is 1.86. The zero-order valence-corrected chi connectivity index (χ0v) is 14.8. The molecule has 25 heavy (non-hydrogen) atoms. The van der Waals surface area contributed by atoms with E-state index in [1.165, 1.54) is 5.01 Å². The summed E-state index contributed by atoms with van der Waals surface area (Å²) in [6, 6.07) is 14.3. The van der Waals surface area contributed by atoms with Gasteiger partial charge in [0.15, 0.2) is 0 Å². The van der Waals surface area contributed by atoms with Gasteiger partial charge in [0.25, 0.3) is 11.8 Å². The summed E-state index contributed by atoms with van der Waals surface area (Å²) in [4.78, 5) is 24.7. The van der Waals surface area contributed by atoms with Gasteiger partial charge in [-0.25, -0.2) is 5.01 Å². The number of ether oxygens (including phenoxy) is 1. The minimum atomic E-state index is -0.433. The first-order chi connectivity index (χ1) is 12.1. The van der Waals surface area contributed by atoms with E-state index in [0.717, 1.165) is 4.47 Å². The largest absolute Gasteiger partial charge is 0.488 e. The third-order valence-corrected chi connectivity index (χ3v) is 4.15. The molecule has 6 heteroatoms. The third kappa shape index (κ3) is 3.64. The Kier molecular flexibility index (Phi) is 5.00. The molecule has 0 unspecified atom stereocenters. The second-order valence-electron chi connectivity index (χ2n) is 5.26. The van der Waals surface area contributed by atoms with Crippen LogP contribution in [0.25, 0.3) is 6.08 Å². The van der Waals surface area contributed by atoms with Gasteiger partial charge in [-0.1, -0.05) is 36.9 Å². The van der Waals surface area contributed by atoms with Crippen LogP contribution in [0.1, 0.15) is 5.56 Å². The molecule has 1 saturated heterocycles. The van der Waals surface area contributed by atoms with Crippen molar-refractivity contribution in [3.05, 3.63) is 76.8 Å². The fourth-order valence-corrected chi connectivity index (χ4v) is 2.87. The van der Waals surface area contributed by atoms with Crippen LogP contribution >= 0.6 is 15.9 Å². The Morgan fingerprint density at radius 1 is 1.16 bits per heavy atom. The van der Waals surface area contributed by atoms with E-state index < -0.39 is 5.91 Å². The lowest BCUT2D eigenvalue weighted by molar-refractivity contribution is -0.117. The van der Waals surface area contributed by atoms with Gasteiger partial charge in [-0.3, -0.25) is 15.0 Å². The quantitative estimate of drug-likeness (QED) is 0.476. The van der Waals surface area contributed by atoms with E-state index in [4.69, 9.17) is 4.74 Å². The van der Waals surface area contributed by atoms with Crippen molar-refractivity contribution in [2.75, 3.05) is 11.6 Å². The molecule has 1 heterocycles. The lowest BCUT2D eigenvalue weighted by Gasteiger charge is -2.13. The minimum absolute atomic E-state index is 0.0792. The van der Waals surface area contributed by atoms with Crippen molar-refractivity contribution < 1.29 is 14.3 Å². The average Bonchev–Trinajstić information content (AvgIpc) is 2.90. The van der Waals surface area contributed by atoms with Gasteiger partial charge in [-0.2, -0.15) is 0 Å². The van der Waals surface area contributed by atoms with E-state index >= 15 is 0 Å². The number of anilines is 1. The molecule has 0 spiro atoms. The van der Waals surface area contributed by atoms with Crippen LogP contribution in [0, 0.1) is 0 Å². The van der Waals surface area contributed by atoms with Crippen LogP contribution in [0.15, 0.2) is 71.2 Å². The number of rotatable bonds is 5. The molecule has 0 saturated carbocycles. The van der Waals surface area contributed by atoms with Crippen molar-refractivity contribution in [3.8, 4) is 5.75 Å². The van der Waals surface area contributed by atoms with Gasteiger partial charge in [0.2, 0.25) is 0 Å². The fourth-order valence-electron chi connectivity index (χ4n) is 2.36. The third-order valence-electron chi connectivity index (χ3n) is 3.53. The Hall–Kier alpha value is -2.86. The van der Waals surface area contributed by atoms with E-state index in [2.05, 4.69) is 27.9 Å². The number of hydrogen-bond donors (Lipinski definition) is 1. The monoisotopic (exact) mass is 398 g/mol. The Labute approximate surface area is 153 Å². The van der Waals surface area contributed by atoms with Crippen molar-refractivity contribution in [3.63, 3.8) is 0 Å².